The largest absolute Gasteiger partial charge is 0.465 e. The summed E-state index contributed by atoms with van der Waals surface area (Å²) in [5.74, 6) is 0.268. The monoisotopic (exact) mass is 354 g/mol. The second kappa shape index (κ2) is 8.71. The van der Waals surface area contributed by atoms with Gasteiger partial charge in [-0.1, -0.05) is 30.3 Å². The molecule has 0 fully saturated rings. The van der Waals surface area contributed by atoms with E-state index in [-0.39, 0.29) is 18.3 Å². The van der Waals surface area contributed by atoms with E-state index < -0.39 is 12.2 Å². The normalized spacial score (nSPS) is 10.3. The molecule has 0 unspecified atom stereocenters. The molecule has 2 aromatic carbocycles. The first kappa shape index (κ1) is 19.1. The van der Waals surface area contributed by atoms with Crippen LogP contribution in [0.25, 0.3) is 0 Å². The van der Waals surface area contributed by atoms with Crippen LogP contribution in [0.5, 0.6) is 5.75 Å². The van der Waals surface area contributed by atoms with Crippen molar-refractivity contribution < 1.29 is 19.4 Å². The molecule has 0 aliphatic heterocycles. The second-order valence-corrected chi connectivity index (χ2v) is 5.85. The Balaban J connectivity index is 2.24. The van der Waals surface area contributed by atoms with E-state index >= 15 is 0 Å². The number of nitrogens with zero attached hydrogens (tertiary/aromatic N) is 2. The number of rotatable bonds is 6. The molecule has 2 aromatic rings. The smallest absolute Gasteiger partial charge is 0.420 e. The van der Waals surface area contributed by atoms with Crippen LogP contribution < -0.4 is 14.5 Å². The van der Waals surface area contributed by atoms with E-state index in [4.69, 9.17) is 4.74 Å². The summed E-state index contributed by atoms with van der Waals surface area (Å²) in [5.41, 5.74) is 1.12. The van der Waals surface area contributed by atoms with Crippen molar-refractivity contribution in [3.8, 4) is 5.75 Å². The Hall–Kier alpha value is -3.28. The van der Waals surface area contributed by atoms with Crippen LogP contribution in [-0.2, 0) is 0 Å². The van der Waals surface area contributed by atoms with Gasteiger partial charge in [0.05, 0.1) is 5.69 Å². The highest BCUT2D eigenvalue weighted by molar-refractivity contribution is 5.90. The Morgan fingerprint density at radius 1 is 1.12 bits per heavy atom. The first-order valence-electron chi connectivity index (χ1n) is 8.21. The predicted octanol–water partition coefficient (Wildman–Crippen LogP) is 4.77. The van der Waals surface area contributed by atoms with Crippen LogP contribution in [-0.4, -0.2) is 29.9 Å². The minimum absolute atomic E-state index is 0.250. The number of para-hydroxylation sites is 1. The maximum Gasteiger partial charge on any atom is 0.420 e. The highest BCUT2D eigenvalue weighted by atomic mass is 16.6. The van der Waals surface area contributed by atoms with E-state index in [1.807, 2.05) is 18.2 Å². The number of hydrogen-bond acceptors (Lipinski definition) is 3. The van der Waals surface area contributed by atoms with Crippen molar-refractivity contribution in [3.63, 3.8) is 0 Å². The van der Waals surface area contributed by atoms with Gasteiger partial charge in [-0.3, -0.25) is 9.80 Å². The number of carbonyl (C=O) groups is 2. The molecule has 0 aliphatic rings. The summed E-state index contributed by atoms with van der Waals surface area (Å²) in [6.45, 7) is 7.50. The molecule has 6 heteroatoms. The fourth-order valence-corrected chi connectivity index (χ4v) is 2.50. The van der Waals surface area contributed by atoms with Gasteiger partial charge in [-0.2, -0.15) is 0 Å². The second-order valence-electron chi connectivity index (χ2n) is 5.85. The van der Waals surface area contributed by atoms with Gasteiger partial charge in [0.1, 0.15) is 5.75 Å². The summed E-state index contributed by atoms with van der Waals surface area (Å²) in [4.78, 5) is 26.7. The van der Waals surface area contributed by atoms with Crippen molar-refractivity contribution >= 4 is 23.6 Å². The minimum atomic E-state index is -1.07. The van der Waals surface area contributed by atoms with Gasteiger partial charge in [0.25, 0.3) is 0 Å². The third kappa shape index (κ3) is 4.63. The molecular formula is C20H22N2O4. The highest BCUT2D eigenvalue weighted by Crippen LogP contribution is 2.24. The van der Waals surface area contributed by atoms with E-state index in [2.05, 4.69) is 6.58 Å². The molecule has 0 saturated carbocycles. The third-order valence-corrected chi connectivity index (χ3v) is 3.62. The quantitative estimate of drug-likeness (QED) is 0.759. The van der Waals surface area contributed by atoms with Crippen LogP contribution >= 0.6 is 0 Å². The molecule has 0 atom stereocenters. The Morgan fingerprint density at radius 2 is 1.77 bits per heavy atom. The Morgan fingerprint density at radius 3 is 2.35 bits per heavy atom. The fourth-order valence-electron chi connectivity index (χ4n) is 2.50. The van der Waals surface area contributed by atoms with E-state index in [0.717, 1.165) is 0 Å². The summed E-state index contributed by atoms with van der Waals surface area (Å²) < 4.78 is 5.45. The number of amides is 2. The number of carbonyl (C=O) groups excluding carboxylic acids is 1. The predicted molar refractivity (Wildman–Crippen MR) is 102 cm³/mol. The molecule has 26 heavy (non-hydrogen) atoms. The van der Waals surface area contributed by atoms with E-state index in [1.165, 1.54) is 15.9 Å². The summed E-state index contributed by atoms with van der Waals surface area (Å²) in [7, 11) is 0. The van der Waals surface area contributed by atoms with Gasteiger partial charge in [0.2, 0.25) is 0 Å². The summed E-state index contributed by atoms with van der Waals surface area (Å²) in [6, 6.07) is 15.3. The molecule has 0 heterocycles. The van der Waals surface area contributed by atoms with Crippen LogP contribution in [0.15, 0.2) is 67.3 Å². The summed E-state index contributed by atoms with van der Waals surface area (Å²) >= 11 is 0. The highest BCUT2D eigenvalue weighted by Gasteiger charge is 2.20. The fraction of sp³-hybridized carbons (Fsp3) is 0.200. The maximum absolute atomic E-state index is 12.6. The minimum Gasteiger partial charge on any atom is -0.465 e. The van der Waals surface area contributed by atoms with Gasteiger partial charge in [-0.15, -0.1) is 6.58 Å². The third-order valence-electron chi connectivity index (χ3n) is 3.62. The zero-order valence-corrected chi connectivity index (χ0v) is 14.8. The van der Waals surface area contributed by atoms with Gasteiger partial charge in [0, 0.05) is 24.3 Å². The Labute approximate surface area is 152 Å². The van der Waals surface area contributed by atoms with Crippen molar-refractivity contribution in [2.24, 2.45) is 0 Å². The van der Waals surface area contributed by atoms with Gasteiger partial charge in [-0.05, 0) is 38.1 Å². The molecule has 1 N–H and O–H groups in total. The lowest BCUT2D eigenvalue weighted by atomic mass is 10.2. The molecular weight excluding hydrogens is 332 g/mol. The molecule has 2 amide bonds. The number of ether oxygens (including phenoxy) is 1. The Kier molecular flexibility index (Phi) is 6.38. The number of benzene rings is 2. The summed E-state index contributed by atoms with van der Waals surface area (Å²) in [6.07, 6.45) is -0.0315. The van der Waals surface area contributed by atoms with Crippen LogP contribution in [0, 0.1) is 0 Å². The van der Waals surface area contributed by atoms with Crippen molar-refractivity contribution in [1.29, 1.82) is 0 Å². The molecule has 0 bridgehead atoms. The molecule has 0 spiro atoms. The van der Waals surface area contributed by atoms with Crippen LogP contribution in [0.4, 0.5) is 21.0 Å². The first-order valence-corrected chi connectivity index (χ1v) is 8.21. The molecule has 6 nitrogen and oxygen atoms in total. The average molecular weight is 354 g/mol. The standard InChI is InChI=1S/C20H22N2O4/c1-4-13-21(16-9-6-5-7-10-16)20(25)26-18-12-8-11-17(14-18)22(15(2)3)19(23)24/h4-12,14-15H,1,13H2,2-3H3,(H,23,24). The van der Waals surface area contributed by atoms with Gasteiger partial charge < -0.3 is 9.84 Å². The van der Waals surface area contributed by atoms with Gasteiger partial charge >= 0.3 is 12.2 Å². The van der Waals surface area contributed by atoms with Crippen molar-refractivity contribution in [3.05, 3.63) is 67.3 Å². The molecule has 0 saturated heterocycles. The topological polar surface area (TPSA) is 70.1 Å². The zero-order valence-electron chi connectivity index (χ0n) is 14.8. The van der Waals surface area contributed by atoms with E-state index in [9.17, 15) is 14.7 Å². The van der Waals surface area contributed by atoms with E-state index in [1.54, 1.807) is 50.3 Å². The van der Waals surface area contributed by atoms with Crippen molar-refractivity contribution in [2.75, 3.05) is 16.3 Å². The maximum atomic E-state index is 12.6. The van der Waals surface area contributed by atoms with Gasteiger partial charge in [-0.25, -0.2) is 9.59 Å². The number of carboxylic acid groups (broad SMARTS) is 1. The lowest BCUT2D eigenvalue weighted by Gasteiger charge is -2.24. The SMILES string of the molecule is C=CCN(C(=O)Oc1cccc(N(C(=O)O)C(C)C)c1)c1ccccc1. The van der Waals surface area contributed by atoms with Crippen molar-refractivity contribution in [1.82, 2.24) is 0 Å². The Bertz CT molecular complexity index is 774. The molecule has 136 valence electrons. The van der Waals surface area contributed by atoms with Crippen LogP contribution in [0.1, 0.15) is 13.8 Å². The summed E-state index contributed by atoms with van der Waals surface area (Å²) in [5, 5.41) is 9.38. The van der Waals surface area contributed by atoms with Crippen LogP contribution in [0.2, 0.25) is 0 Å². The lowest BCUT2D eigenvalue weighted by molar-refractivity contribution is 0.200. The van der Waals surface area contributed by atoms with Gasteiger partial charge in [0.15, 0.2) is 0 Å². The molecule has 2 rings (SSSR count). The zero-order chi connectivity index (χ0) is 19.1. The number of hydrogen-bond donors (Lipinski definition) is 1. The van der Waals surface area contributed by atoms with E-state index in [0.29, 0.717) is 11.4 Å². The molecule has 0 aliphatic carbocycles. The molecule has 0 radical (unpaired) electrons. The first-order chi connectivity index (χ1) is 12.4. The van der Waals surface area contributed by atoms with Crippen LogP contribution in [0.3, 0.4) is 0 Å². The lowest BCUT2D eigenvalue weighted by Crippen LogP contribution is -2.36. The molecule has 0 aromatic heterocycles. The number of anilines is 2. The van der Waals surface area contributed by atoms with Crippen molar-refractivity contribution in [2.45, 2.75) is 19.9 Å². The average Bonchev–Trinajstić information content (AvgIpc) is 2.60.